The number of amides is 2. The molecule has 2 aliphatic heterocycles. The van der Waals surface area contributed by atoms with Gasteiger partial charge in [0.15, 0.2) is 10.9 Å². The van der Waals surface area contributed by atoms with Crippen LogP contribution in [0.2, 0.25) is 0 Å². The number of pyridine rings is 1. The van der Waals surface area contributed by atoms with E-state index in [1.54, 1.807) is 6.20 Å². The Morgan fingerprint density at radius 3 is 2.54 bits per heavy atom. The molecule has 20 heteroatoms. The average Bonchev–Trinajstić information content (AvgIpc) is 3.92. The summed E-state index contributed by atoms with van der Waals surface area (Å²) in [4.78, 5) is 48.6. The van der Waals surface area contributed by atoms with Crippen molar-refractivity contribution in [1.29, 1.82) is 10.0 Å². The number of halogens is 4. The normalized spacial score (nSPS) is 19.0. The van der Waals surface area contributed by atoms with Crippen molar-refractivity contribution in [3.8, 4) is 17.5 Å². The Labute approximate surface area is 378 Å². The number of rotatable bonds is 14. The maximum atomic E-state index is 15.6. The molecule has 1 unspecified atom stereocenters. The number of morpholine rings is 1. The van der Waals surface area contributed by atoms with Crippen molar-refractivity contribution >= 4 is 67.1 Å². The summed E-state index contributed by atoms with van der Waals surface area (Å²) in [6.45, 7) is 7.00. The van der Waals surface area contributed by atoms with Crippen molar-refractivity contribution in [3.63, 3.8) is 0 Å². The molecule has 0 bridgehead atoms. The van der Waals surface area contributed by atoms with Crippen LogP contribution >= 0.6 is 12.2 Å². The number of carbonyl (C=O) groups excluding carboxylic acids is 2. The van der Waals surface area contributed by atoms with Crippen LogP contribution in [0.1, 0.15) is 86.5 Å². The fraction of sp³-hybridized carbons (Fsp3) is 0.400. The van der Waals surface area contributed by atoms with E-state index in [9.17, 15) is 37.0 Å². The van der Waals surface area contributed by atoms with Gasteiger partial charge >= 0.3 is 6.18 Å². The summed E-state index contributed by atoms with van der Waals surface area (Å²) in [5.74, 6) is -0.872. The molecule has 340 valence electrons. The molecule has 8 rings (SSSR count). The van der Waals surface area contributed by atoms with E-state index in [4.69, 9.17) is 26.9 Å². The maximum Gasteiger partial charge on any atom is 0.417 e. The Kier molecular flexibility index (Phi) is 12.2. The number of ether oxygens (including phenoxy) is 1. The number of nitrogens with zero attached hydrogens (tertiary/aromatic N) is 7. The van der Waals surface area contributed by atoms with Gasteiger partial charge in [-0.15, -0.1) is 0 Å². The first kappa shape index (κ1) is 45.5. The van der Waals surface area contributed by atoms with E-state index in [1.807, 2.05) is 24.4 Å². The topological polar surface area (TPSA) is 184 Å². The zero-order valence-electron chi connectivity index (χ0n) is 35.8. The maximum absolute atomic E-state index is 15.6. The van der Waals surface area contributed by atoms with Crippen LogP contribution in [0.5, 0.6) is 0 Å². The number of hydrogen-bond donors (Lipinski definition) is 3. The first-order valence-electron chi connectivity index (χ1n) is 21.2. The highest BCUT2D eigenvalue weighted by Crippen LogP contribution is 2.54. The third-order valence-electron chi connectivity index (χ3n) is 12.3. The lowest BCUT2D eigenvalue weighted by Crippen LogP contribution is -2.44. The molecule has 0 radical (unpaired) electrons. The van der Waals surface area contributed by atoms with Gasteiger partial charge in [0.05, 0.1) is 67.9 Å². The number of nitrogens with one attached hydrogen (secondary N) is 3. The molecule has 3 fully saturated rings. The highest BCUT2D eigenvalue weighted by Gasteiger charge is 2.55. The molecule has 3 aliphatic rings. The first-order valence-corrected chi connectivity index (χ1v) is 23.3. The third kappa shape index (κ3) is 8.52. The summed E-state index contributed by atoms with van der Waals surface area (Å²) >= 11 is 5.55. The lowest BCUT2D eigenvalue weighted by atomic mass is 10.0. The van der Waals surface area contributed by atoms with Gasteiger partial charge in [-0.3, -0.25) is 19.3 Å². The highest BCUT2D eigenvalue weighted by molar-refractivity contribution is 7.93. The number of alkyl halides is 3. The number of unbranched alkanes of at least 4 members (excludes halogenated alkanes) is 3. The Morgan fingerprint density at radius 2 is 1.83 bits per heavy atom. The molecular weight excluding hydrogens is 885 g/mol. The molecule has 2 atom stereocenters. The van der Waals surface area contributed by atoms with E-state index in [1.165, 1.54) is 43.0 Å². The molecule has 65 heavy (non-hydrogen) atoms. The van der Waals surface area contributed by atoms with E-state index < -0.39 is 54.9 Å². The molecule has 3 aromatic heterocycles. The van der Waals surface area contributed by atoms with E-state index in [0.717, 1.165) is 28.0 Å². The fourth-order valence-corrected chi connectivity index (χ4v) is 11.3. The van der Waals surface area contributed by atoms with Crippen LogP contribution in [0, 0.1) is 21.9 Å². The van der Waals surface area contributed by atoms with Crippen molar-refractivity contribution in [2.24, 2.45) is 0 Å². The van der Waals surface area contributed by atoms with Crippen LogP contribution in [-0.2, 0) is 30.2 Å². The number of benzene rings is 2. The SMILES string of the molecule is C[C@@H]1COCCN1c1cc(C2(S(=N)(=O)CCCCCCNC(=O)c3ccc(N4C(=S)N(c5ccc(C#N)c(C(F)(F)F)c5)C(=O)C4(C)C)cc3F)CC2)nc(-c2ccnc3[nH]ccc23)n1. The van der Waals surface area contributed by atoms with Gasteiger partial charge in [-0.05, 0) is 107 Å². The van der Waals surface area contributed by atoms with Gasteiger partial charge < -0.3 is 24.8 Å². The number of aromatic nitrogens is 4. The smallest absolute Gasteiger partial charge is 0.377 e. The minimum Gasteiger partial charge on any atom is -0.377 e. The summed E-state index contributed by atoms with van der Waals surface area (Å²) in [6.07, 6.45) is 2.17. The van der Waals surface area contributed by atoms with Crippen LogP contribution in [0.25, 0.3) is 22.4 Å². The molecule has 1 aliphatic carbocycles. The molecule has 2 amide bonds. The minimum atomic E-state index is -4.87. The van der Waals surface area contributed by atoms with E-state index in [2.05, 4.69) is 27.1 Å². The summed E-state index contributed by atoms with van der Waals surface area (Å²) in [5.41, 5.74) is -1.56. The molecule has 2 aromatic carbocycles. The highest BCUT2D eigenvalue weighted by atomic mass is 32.2. The van der Waals surface area contributed by atoms with Gasteiger partial charge in [-0.1, -0.05) is 12.8 Å². The molecule has 3 N–H and O–H groups in total. The largest absolute Gasteiger partial charge is 0.417 e. The quantitative estimate of drug-likeness (QED) is 0.0554. The molecule has 2 saturated heterocycles. The molecule has 1 saturated carbocycles. The van der Waals surface area contributed by atoms with Crippen molar-refractivity contribution < 1.29 is 36.1 Å². The zero-order valence-corrected chi connectivity index (χ0v) is 37.4. The summed E-state index contributed by atoms with van der Waals surface area (Å²) in [7, 11) is -3.14. The third-order valence-corrected chi connectivity index (χ3v) is 15.4. The standard InChI is InChI=1S/C45H46F4N10O4S2/c1-27-26-63-20-19-57(27)37-24-36(55-39(56-37)32-13-18-53-38-31(32)12-17-52-38)44(14-15-44)65(51,62)21-7-5-4-6-16-54-40(60)33-11-10-30(23-35(33)46)59-42(64)58(41(61)43(59,2)3)29-9-8-28(25-50)34(22-29)45(47,48)49/h8-13,17-18,22-24,27,51H,4-7,14-16,19-21,26H2,1-3H3,(H,52,53)(H,54,60)/t27-,65?/m1/s1. The zero-order chi connectivity index (χ0) is 46.5. The molecule has 0 spiro atoms. The van der Waals surface area contributed by atoms with Crippen molar-refractivity contribution in [2.75, 3.05) is 46.8 Å². The number of nitriles is 1. The second-order valence-corrected chi connectivity index (χ2v) is 19.9. The van der Waals surface area contributed by atoms with Gasteiger partial charge in [0.1, 0.15) is 22.8 Å². The monoisotopic (exact) mass is 930 g/mol. The number of hydrogen-bond acceptors (Lipinski definition) is 11. The second kappa shape index (κ2) is 17.4. The van der Waals surface area contributed by atoms with Gasteiger partial charge in [0.2, 0.25) is 0 Å². The molecule has 5 heterocycles. The lowest BCUT2D eigenvalue weighted by molar-refractivity contribution is -0.137. The Bertz CT molecular complexity index is 2860. The number of carbonyl (C=O) groups is 2. The van der Waals surface area contributed by atoms with Crippen molar-refractivity contribution in [2.45, 2.75) is 81.8 Å². The number of anilines is 3. The summed E-state index contributed by atoms with van der Waals surface area (Å²) < 4.78 is 85.1. The van der Waals surface area contributed by atoms with E-state index in [0.29, 0.717) is 87.3 Å². The van der Waals surface area contributed by atoms with Crippen LogP contribution < -0.4 is 20.0 Å². The average molecular weight is 931 g/mol. The van der Waals surface area contributed by atoms with Crippen LogP contribution in [0.3, 0.4) is 0 Å². The second-order valence-electron chi connectivity index (χ2n) is 17.0. The molecular formula is C45H46F4N10O4S2. The minimum absolute atomic E-state index is 0.0598. The Hall–Kier alpha value is -6.04. The lowest BCUT2D eigenvalue weighted by Gasteiger charge is -2.35. The number of thiocarbonyl (C=S) groups is 1. The predicted molar refractivity (Wildman–Crippen MR) is 241 cm³/mol. The number of H-pyrrole nitrogens is 1. The van der Waals surface area contributed by atoms with E-state index >= 15 is 4.39 Å². The fourth-order valence-electron chi connectivity index (χ4n) is 8.59. The van der Waals surface area contributed by atoms with Crippen molar-refractivity contribution in [1.82, 2.24) is 25.3 Å². The first-order chi connectivity index (χ1) is 30.9. The van der Waals surface area contributed by atoms with Gasteiger partial charge in [0, 0.05) is 53.9 Å². The van der Waals surface area contributed by atoms with Crippen LogP contribution in [0.15, 0.2) is 67.0 Å². The summed E-state index contributed by atoms with van der Waals surface area (Å²) in [5, 5.41) is 12.6. The Balaban J connectivity index is 0.873. The predicted octanol–water partition coefficient (Wildman–Crippen LogP) is 8.22. The van der Waals surface area contributed by atoms with E-state index in [-0.39, 0.29) is 40.4 Å². The Morgan fingerprint density at radius 1 is 1.08 bits per heavy atom. The van der Waals surface area contributed by atoms with Crippen LogP contribution in [0.4, 0.5) is 34.8 Å². The van der Waals surface area contributed by atoms with Crippen molar-refractivity contribution in [3.05, 3.63) is 95.2 Å². The number of aromatic amines is 1. The summed E-state index contributed by atoms with van der Waals surface area (Å²) in [6, 6.07) is 13.8. The number of fused-ring (bicyclic) bond motifs is 1. The molecule has 14 nitrogen and oxygen atoms in total. The molecule has 5 aromatic rings. The van der Waals surface area contributed by atoms with Crippen LogP contribution in [-0.4, -0.2) is 84.7 Å². The van der Waals surface area contributed by atoms with Gasteiger partial charge in [-0.2, -0.15) is 18.4 Å². The van der Waals surface area contributed by atoms with Gasteiger partial charge in [-0.25, -0.2) is 23.6 Å². The van der Waals surface area contributed by atoms with Gasteiger partial charge in [0.25, 0.3) is 11.8 Å².